The van der Waals surface area contributed by atoms with E-state index in [-0.39, 0.29) is 0 Å². The normalized spacial score (nSPS) is 30.6. The van der Waals surface area contributed by atoms with Gasteiger partial charge in [0.1, 0.15) is 0 Å². The van der Waals surface area contributed by atoms with Gasteiger partial charge in [0, 0.05) is 0 Å². The Morgan fingerprint density at radius 2 is 0.952 bits per heavy atom. The smallest absolute Gasteiger partial charge is 0.0380 e. The number of hydrogen-bond acceptors (Lipinski definition) is 0. The summed E-state index contributed by atoms with van der Waals surface area (Å²) >= 11 is 0. The van der Waals surface area contributed by atoms with Crippen molar-refractivity contribution in [2.24, 2.45) is 23.7 Å². The summed E-state index contributed by atoms with van der Waals surface area (Å²) in [5.41, 5.74) is 0. The molecule has 2 fully saturated rings. The van der Waals surface area contributed by atoms with Crippen LogP contribution in [0.3, 0.4) is 0 Å². The van der Waals surface area contributed by atoms with Crippen molar-refractivity contribution in [1.29, 1.82) is 0 Å². The lowest BCUT2D eigenvalue weighted by atomic mass is 10.0. The van der Waals surface area contributed by atoms with Crippen LogP contribution in [-0.2, 0) is 0 Å². The van der Waals surface area contributed by atoms with Gasteiger partial charge in [-0.05, 0) is 42.9 Å². The molecule has 0 N–H and O–H groups in total. The van der Waals surface area contributed by atoms with Crippen LogP contribution in [0.5, 0.6) is 0 Å². The summed E-state index contributed by atoms with van der Waals surface area (Å²) in [6.45, 7) is 4.63. The van der Waals surface area contributed by atoms with Crippen molar-refractivity contribution in [3.05, 3.63) is 0 Å². The first-order valence-corrected chi connectivity index (χ1v) is 10.3. The lowest BCUT2D eigenvalue weighted by Crippen LogP contribution is -1.90. The monoisotopic (exact) mass is 292 g/mol. The minimum atomic E-state index is 1.15. The lowest BCUT2D eigenvalue weighted by molar-refractivity contribution is 0.500. The van der Waals surface area contributed by atoms with Crippen LogP contribution in [0.2, 0.25) is 0 Å². The highest BCUT2D eigenvalue weighted by Gasteiger charge is 2.44. The zero-order valence-corrected chi connectivity index (χ0v) is 14.9. The third-order valence-electron chi connectivity index (χ3n) is 6.10. The maximum atomic E-state index is 2.32. The quantitative estimate of drug-likeness (QED) is 0.293. The molecule has 2 saturated carbocycles. The number of hydrogen-bond donors (Lipinski definition) is 0. The molecule has 21 heavy (non-hydrogen) atoms. The molecule has 0 aromatic heterocycles. The first-order valence-electron chi connectivity index (χ1n) is 10.3. The molecule has 0 saturated heterocycles. The predicted molar refractivity (Wildman–Crippen MR) is 94.6 cm³/mol. The van der Waals surface area contributed by atoms with Gasteiger partial charge in [0.05, 0.1) is 0 Å². The van der Waals surface area contributed by atoms with E-state index in [4.69, 9.17) is 0 Å². The van der Waals surface area contributed by atoms with Crippen LogP contribution in [0.15, 0.2) is 0 Å². The summed E-state index contributed by atoms with van der Waals surface area (Å²) in [6, 6.07) is 0. The van der Waals surface area contributed by atoms with Gasteiger partial charge in [0.25, 0.3) is 0 Å². The zero-order valence-electron chi connectivity index (χ0n) is 14.9. The minimum Gasteiger partial charge on any atom is -0.0654 e. The van der Waals surface area contributed by atoms with Gasteiger partial charge in [0.15, 0.2) is 0 Å². The van der Waals surface area contributed by atoms with Crippen LogP contribution in [0.1, 0.15) is 110 Å². The second-order valence-electron chi connectivity index (χ2n) is 8.15. The lowest BCUT2D eigenvalue weighted by Gasteiger charge is -2.02. The Balaban J connectivity index is 1.36. The van der Waals surface area contributed by atoms with Crippen LogP contribution >= 0.6 is 0 Å². The predicted octanol–water partition coefficient (Wildman–Crippen LogP) is 7.37. The molecule has 0 heteroatoms. The van der Waals surface area contributed by atoms with Crippen LogP contribution in [-0.4, -0.2) is 0 Å². The second-order valence-corrected chi connectivity index (χ2v) is 8.15. The molecule has 0 nitrogen and oxygen atoms in total. The fourth-order valence-electron chi connectivity index (χ4n) is 4.31. The first-order chi connectivity index (χ1) is 10.3. The van der Waals surface area contributed by atoms with Crippen LogP contribution in [0, 0.1) is 23.7 Å². The molecule has 2 aliphatic carbocycles. The Hall–Kier alpha value is 0. The molecule has 2 rings (SSSR count). The molecule has 0 aliphatic heterocycles. The van der Waals surface area contributed by atoms with E-state index in [1.807, 2.05) is 0 Å². The molecular formula is C21H40. The second kappa shape index (κ2) is 9.90. The molecule has 0 bridgehead atoms. The highest BCUT2D eigenvalue weighted by Crippen LogP contribution is 2.54. The molecule has 4 atom stereocenters. The first kappa shape index (κ1) is 17.4. The summed E-state index contributed by atoms with van der Waals surface area (Å²) in [4.78, 5) is 0. The van der Waals surface area contributed by atoms with E-state index in [1.54, 1.807) is 32.1 Å². The van der Waals surface area contributed by atoms with Gasteiger partial charge in [0.2, 0.25) is 0 Å². The van der Waals surface area contributed by atoms with Crippen LogP contribution < -0.4 is 0 Å². The van der Waals surface area contributed by atoms with E-state index in [9.17, 15) is 0 Å². The van der Waals surface area contributed by atoms with E-state index < -0.39 is 0 Å². The molecule has 0 aromatic carbocycles. The maximum Gasteiger partial charge on any atom is -0.0380 e. The van der Waals surface area contributed by atoms with Crippen molar-refractivity contribution in [3.63, 3.8) is 0 Å². The molecule has 2 aliphatic rings. The van der Waals surface area contributed by atoms with E-state index in [1.165, 1.54) is 64.2 Å². The van der Waals surface area contributed by atoms with Crippen molar-refractivity contribution in [1.82, 2.24) is 0 Å². The Kier molecular flexibility index (Phi) is 8.19. The van der Waals surface area contributed by atoms with Gasteiger partial charge in [-0.15, -0.1) is 0 Å². The van der Waals surface area contributed by atoms with Crippen LogP contribution in [0.4, 0.5) is 0 Å². The standard InChI is InChI=1S/C21H40/c1-3-5-7-8-9-10-12-14-19-16-21(19)17-20-15-18(20)13-11-6-4-2/h18-21H,3-17H2,1-2H3. The Morgan fingerprint density at radius 1 is 0.524 bits per heavy atom. The largest absolute Gasteiger partial charge is 0.0654 e. The molecule has 0 amide bonds. The van der Waals surface area contributed by atoms with Gasteiger partial charge in [-0.2, -0.15) is 0 Å². The van der Waals surface area contributed by atoms with Gasteiger partial charge in [-0.1, -0.05) is 90.9 Å². The highest BCUT2D eigenvalue weighted by molar-refractivity contribution is 4.94. The third kappa shape index (κ3) is 7.20. The zero-order chi connectivity index (χ0) is 14.9. The summed E-state index contributed by atoms with van der Waals surface area (Å²) in [5.74, 6) is 4.62. The molecule has 124 valence electrons. The molecule has 0 spiro atoms. The fourth-order valence-corrected chi connectivity index (χ4v) is 4.31. The van der Waals surface area contributed by atoms with Gasteiger partial charge >= 0.3 is 0 Å². The van der Waals surface area contributed by atoms with Gasteiger partial charge in [-0.3, -0.25) is 0 Å². The SMILES string of the molecule is CCCCCCCCCC1CC1CC1CC1CCCCC. The Morgan fingerprint density at radius 3 is 1.52 bits per heavy atom. The summed E-state index contributed by atoms with van der Waals surface area (Å²) < 4.78 is 0. The fraction of sp³-hybridized carbons (Fsp3) is 1.00. The molecule has 0 radical (unpaired) electrons. The summed E-state index contributed by atoms with van der Waals surface area (Å²) in [5, 5.41) is 0. The van der Waals surface area contributed by atoms with E-state index >= 15 is 0 Å². The van der Waals surface area contributed by atoms with E-state index in [0.717, 1.165) is 23.7 Å². The van der Waals surface area contributed by atoms with E-state index in [0.29, 0.717) is 0 Å². The Labute approximate surface area is 134 Å². The average molecular weight is 293 g/mol. The molecular weight excluding hydrogens is 252 g/mol. The maximum absolute atomic E-state index is 2.32. The third-order valence-corrected chi connectivity index (χ3v) is 6.10. The van der Waals surface area contributed by atoms with Crippen molar-refractivity contribution >= 4 is 0 Å². The number of unbranched alkanes of at least 4 members (excludes halogenated alkanes) is 8. The molecule has 4 unspecified atom stereocenters. The van der Waals surface area contributed by atoms with Gasteiger partial charge < -0.3 is 0 Å². The molecule has 0 heterocycles. The topological polar surface area (TPSA) is 0 Å². The van der Waals surface area contributed by atoms with Crippen molar-refractivity contribution in [2.75, 3.05) is 0 Å². The van der Waals surface area contributed by atoms with Crippen molar-refractivity contribution < 1.29 is 0 Å². The van der Waals surface area contributed by atoms with Crippen molar-refractivity contribution in [3.8, 4) is 0 Å². The number of rotatable bonds is 14. The van der Waals surface area contributed by atoms with E-state index in [2.05, 4.69) is 13.8 Å². The summed E-state index contributed by atoms with van der Waals surface area (Å²) in [6.07, 6.45) is 22.6. The Bertz CT molecular complexity index is 257. The highest BCUT2D eigenvalue weighted by atomic mass is 14.5. The van der Waals surface area contributed by atoms with Crippen LogP contribution in [0.25, 0.3) is 0 Å². The average Bonchev–Trinajstić information content (AvgIpc) is 3.39. The van der Waals surface area contributed by atoms with Crippen molar-refractivity contribution in [2.45, 2.75) is 110 Å². The summed E-state index contributed by atoms with van der Waals surface area (Å²) in [7, 11) is 0. The molecule has 0 aromatic rings. The van der Waals surface area contributed by atoms with Gasteiger partial charge in [-0.25, -0.2) is 0 Å². The minimum absolute atomic E-state index is 1.15.